The molecule has 1 spiro atoms. The van der Waals surface area contributed by atoms with Gasteiger partial charge in [-0.25, -0.2) is 4.79 Å². The summed E-state index contributed by atoms with van der Waals surface area (Å²) in [5.41, 5.74) is 6.92. The Labute approximate surface area is 341 Å². The molecule has 2 fully saturated rings. The molecule has 318 valence electrons. The molecule has 2 saturated heterocycles. The molecule has 0 aromatic heterocycles. The van der Waals surface area contributed by atoms with Gasteiger partial charge in [0.1, 0.15) is 23.7 Å². The number of likely N-dealkylation sites (tertiary alicyclic amines) is 1. The third-order valence-electron chi connectivity index (χ3n) is 10.5. The summed E-state index contributed by atoms with van der Waals surface area (Å²) in [6, 6.07) is 14.2. The number of amides is 7. The van der Waals surface area contributed by atoms with Crippen LogP contribution in [0, 0.1) is 5.92 Å². The van der Waals surface area contributed by atoms with Crippen molar-refractivity contribution >= 4 is 35.6 Å². The molecule has 2 aromatic carbocycles. The predicted octanol–water partition coefficient (Wildman–Crippen LogP) is 1.27. The van der Waals surface area contributed by atoms with Gasteiger partial charge in [-0.15, -0.1) is 0 Å². The highest BCUT2D eigenvalue weighted by atomic mass is 16.7. The van der Waals surface area contributed by atoms with E-state index in [0.29, 0.717) is 39.0 Å². The second-order valence-electron chi connectivity index (χ2n) is 15.5. The molecule has 0 aliphatic carbocycles. The summed E-state index contributed by atoms with van der Waals surface area (Å²) >= 11 is 0. The van der Waals surface area contributed by atoms with Crippen molar-refractivity contribution in [2.45, 2.75) is 108 Å². The van der Waals surface area contributed by atoms with E-state index in [1.165, 1.54) is 0 Å². The van der Waals surface area contributed by atoms with E-state index in [1.54, 1.807) is 12.0 Å². The van der Waals surface area contributed by atoms with Crippen LogP contribution in [0.15, 0.2) is 60.7 Å². The first-order chi connectivity index (χ1) is 27.8. The second-order valence-corrected chi connectivity index (χ2v) is 15.5. The fourth-order valence-corrected chi connectivity index (χ4v) is 7.10. The fraction of sp³-hybridized carbons (Fsp3) is 0.571. The zero-order chi connectivity index (χ0) is 42.1. The predicted molar refractivity (Wildman–Crippen MR) is 218 cm³/mol. The Morgan fingerprint density at radius 1 is 0.793 bits per heavy atom. The van der Waals surface area contributed by atoms with Crippen molar-refractivity contribution in [3.63, 3.8) is 0 Å². The third-order valence-corrected chi connectivity index (χ3v) is 10.5. The van der Waals surface area contributed by atoms with Gasteiger partial charge in [0, 0.05) is 33.2 Å². The van der Waals surface area contributed by atoms with E-state index in [2.05, 4.69) is 31.9 Å². The zero-order valence-electron chi connectivity index (χ0n) is 34.2. The van der Waals surface area contributed by atoms with Crippen LogP contribution < -0.4 is 37.6 Å². The fourth-order valence-electron chi connectivity index (χ4n) is 7.10. The summed E-state index contributed by atoms with van der Waals surface area (Å²) in [6.07, 6.45) is 2.53. The smallest absolute Gasteiger partial charge is 0.322 e. The van der Waals surface area contributed by atoms with Gasteiger partial charge in [-0.05, 0) is 75.5 Å². The summed E-state index contributed by atoms with van der Waals surface area (Å²) < 4.78 is 10.6. The first-order valence-electron chi connectivity index (χ1n) is 20.3. The van der Waals surface area contributed by atoms with Crippen molar-refractivity contribution in [2.24, 2.45) is 11.7 Å². The Hall–Kier alpha value is -4.90. The van der Waals surface area contributed by atoms with Gasteiger partial charge in [-0.1, -0.05) is 74.5 Å². The topological polar surface area (TPSA) is 222 Å². The van der Waals surface area contributed by atoms with Gasteiger partial charge >= 0.3 is 6.03 Å². The largest absolute Gasteiger partial charge is 0.356 e. The van der Waals surface area contributed by atoms with E-state index in [9.17, 15) is 28.8 Å². The summed E-state index contributed by atoms with van der Waals surface area (Å²) in [7, 11) is 1.58. The number of urea groups is 1. The Morgan fingerprint density at radius 2 is 1.38 bits per heavy atom. The van der Waals surface area contributed by atoms with Crippen LogP contribution in [0.4, 0.5) is 4.79 Å². The minimum Gasteiger partial charge on any atom is -0.356 e. The molecule has 2 aliphatic heterocycles. The quantitative estimate of drug-likeness (QED) is 0.0484. The lowest BCUT2D eigenvalue weighted by molar-refractivity contribution is -0.140. The SMILES string of the molecule is COC(C)OCCNCCCCC(NC(=O)C(CC(C)C)NC(=O)C(Cc1ccccc1)NC(=O)C(N)Cc1ccccc1)C(=O)N1CCC2(CC1)NC(=O)NC2=O. The van der Waals surface area contributed by atoms with Crippen molar-refractivity contribution in [3.05, 3.63) is 71.8 Å². The maximum absolute atomic E-state index is 14.2. The average molecular weight is 807 g/mol. The maximum Gasteiger partial charge on any atom is 0.322 e. The highest BCUT2D eigenvalue weighted by Crippen LogP contribution is 2.26. The molecule has 2 heterocycles. The zero-order valence-corrected chi connectivity index (χ0v) is 34.2. The van der Waals surface area contributed by atoms with Gasteiger partial charge in [0.15, 0.2) is 6.29 Å². The Morgan fingerprint density at radius 3 is 1.97 bits per heavy atom. The molecule has 2 aromatic rings. The molecule has 0 saturated carbocycles. The molecule has 8 N–H and O–H groups in total. The summed E-state index contributed by atoms with van der Waals surface area (Å²) in [4.78, 5) is 81.8. The molecule has 2 aliphatic rings. The average Bonchev–Trinajstić information content (AvgIpc) is 3.48. The number of unbranched alkanes of at least 4 members (excludes halogenated alkanes) is 1. The number of imide groups is 1. The van der Waals surface area contributed by atoms with E-state index in [1.807, 2.05) is 81.4 Å². The molecule has 16 heteroatoms. The molecule has 7 amide bonds. The van der Waals surface area contributed by atoms with Crippen molar-refractivity contribution in [3.8, 4) is 0 Å². The second kappa shape index (κ2) is 22.9. The van der Waals surface area contributed by atoms with Gasteiger partial charge in [-0.3, -0.25) is 29.3 Å². The number of hydrogen-bond acceptors (Lipinski definition) is 10. The standard InChI is InChI=1S/C42H62N8O8/c1-28(2)25-34(47-38(53)35(27-31-15-9-6-10-16-31)46-36(51)32(43)26-30-13-7-5-8-14-30)37(52)45-33(17-11-12-20-44-21-24-58-29(3)57-4)39(54)50-22-18-42(19-23-50)40(55)48-41(56)49-42/h5-10,13-16,28-29,32-35,44H,11-12,17-27,43H2,1-4H3,(H,45,52)(H,46,51)(H,47,53)(H2,48,49,55,56). The van der Waals surface area contributed by atoms with E-state index >= 15 is 0 Å². The number of piperidine rings is 1. The molecule has 0 radical (unpaired) electrons. The van der Waals surface area contributed by atoms with Crippen molar-refractivity contribution in [1.29, 1.82) is 0 Å². The number of ether oxygens (including phenoxy) is 2. The van der Waals surface area contributed by atoms with Crippen LogP contribution in [0.3, 0.4) is 0 Å². The third kappa shape index (κ3) is 14.2. The Bertz CT molecular complexity index is 1650. The van der Waals surface area contributed by atoms with Gasteiger partial charge in [0.2, 0.25) is 23.6 Å². The summed E-state index contributed by atoms with van der Waals surface area (Å²) in [5.74, 6) is -2.31. The van der Waals surface area contributed by atoms with Crippen LogP contribution in [-0.4, -0.2) is 116 Å². The normalized spacial score (nSPS) is 17.4. The molecule has 58 heavy (non-hydrogen) atoms. The Balaban J connectivity index is 1.45. The maximum atomic E-state index is 14.2. The number of nitrogens with one attached hydrogen (secondary N) is 6. The van der Waals surface area contributed by atoms with Crippen molar-refractivity contribution in [2.75, 3.05) is 39.9 Å². The van der Waals surface area contributed by atoms with Crippen molar-refractivity contribution in [1.82, 2.24) is 36.8 Å². The lowest BCUT2D eigenvalue weighted by Crippen LogP contribution is -2.60. The summed E-state index contributed by atoms with van der Waals surface area (Å²) in [5, 5.41) is 17.0. The highest BCUT2D eigenvalue weighted by molar-refractivity contribution is 6.07. The number of carbonyl (C=O) groups excluding carboxylic acids is 6. The minimum absolute atomic E-state index is 0.0142. The van der Waals surface area contributed by atoms with Crippen molar-refractivity contribution < 1.29 is 38.2 Å². The molecular weight excluding hydrogens is 745 g/mol. The highest BCUT2D eigenvalue weighted by Gasteiger charge is 2.49. The number of benzene rings is 2. The summed E-state index contributed by atoms with van der Waals surface area (Å²) in [6.45, 7) is 7.84. The van der Waals surface area contributed by atoms with E-state index in [0.717, 1.165) is 11.1 Å². The monoisotopic (exact) mass is 806 g/mol. The minimum atomic E-state index is -1.06. The van der Waals surface area contributed by atoms with Crippen LogP contribution in [0.25, 0.3) is 0 Å². The number of carbonyl (C=O) groups is 6. The van der Waals surface area contributed by atoms with Gasteiger partial charge in [-0.2, -0.15) is 0 Å². The molecule has 16 nitrogen and oxygen atoms in total. The Kier molecular flexibility index (Phi) is 18.1. The van der Waals surface area contributed by atoms with E-state index < -0.39 is 59.4 Å². The van der Waals surface area contributed by atoms with Crippen LogP contribution in [0.1, 0.15) is 70.4 Å². The van der Waals surface area contributed by atoms with Gasteiger partial charge in [0.05, 0.1) is 12.6 Å². The van der Waals surface area contributed by atoms with Gasteiger partial charge in [0.25, 0.3) is 5.91 Å². The molecule has 0 bridgehead atoms. The number of methoxy groups -OCH3 is 1. The number of nitrogens with two attached hydrogens (primary N) is 1. The number of hydrogen-bond donors (Lipinski definition) is 7. The van der Waals surface area contributed by atoms with Crippen LogP contribution in [0.5, 0.6) is 0 Å². The molecule has 5 unspecified atom stereocenters. The lowest BCUT2D eigenvalue weighted by Gasteiger charge is -2.38. The van der Waals surface area contributed by atoms with Crippen LogP contribution in [-0.2, 0) is 46.3 Å². The lowest BCUT2D eigenvalue weighted by atomic mass is 9.87. The van der Waals surface area contributed by atoms with E-state index in [4.69, 9.17) is 15.2 Å². The van der Waals surface area contributed by atoms with Crippen LogP contribution >= 0.6 is 0 Å². The molecular formula is C42H62N8O8. The first kappa shape index (κ1) is 45.8. The first-order valence-corrected chi connectivity index (χ1v) is 20.3. The van der Waals surface area contributed by atoms with Crippen LogP contribution in [0.2, 0.25) is 0 Å². The molecule has 4 rings (SSSR count). The van der Waals surface area contributed by atoms with Gasteiger partial charge < -0.3 is 46.7 Å². The molecule has 5 atom stereocenters. The number of rotatable bonds is 23. The number of nitrogens with zero attached hydrogens (tertiary/aromatic N) is 1. The van der Waals surface area contributed by atoms with E-state index in [-0.39, 0.29) is 63.3 Å².